The Balaban J connectivity index is 3.20. The summed E-state index contributed by atoms with van der Waals surface area (Å²) in [6, 6.07) is 2.36. The predicted molar refractivity (Wildman–Crippen MR) is 71.8 cm³/mol. The van der Waals surface area contributed by atoms with Crippen molar-refractivity contribution in [3.05, 3.63) is 37.9 Å². The summed E-state index contributed by atoms with van der Waals surface area (Å²) in [5, 5.41) is 19.4. The third kappa shape index (κ3) is 3.56. The molecule has 8 heteroatoms. The predicted octanol–water partition coefficient (Wildman–Crippen LogP) is 2.36. The first-order valence-corrected chi connectivity index (χ1v) is 6.21. The van der Waals surface area contributed by atoms with E-state index in [1.165, 1.54) is 11.0 Å². The number of carbonyl (C=O) groups excluding carboxylic acids is 1. The highest BCUT2D eigenvalue weighted by Crippen LogP contribution is 2.33. The Morgan fingerprint density at radius 2 is 2.11 bits per heavy atom. The molecule has 6 nitrogen and oxygen atoms in total. The molecule has 19 heavy (non-hydrogen) atoms. The van der Waals surface area contributed by atoms with Crippen molar-refractivity contribution in [2.45, 2.75) is 6.92 Å². The topological polar surface area (TPSA) is 83.7 Å². The molecule has 0 radical (unpaired) electrons. The summed E-state index contributed by atoms with van der Waals surface area (Å²) >= 11 is 11.5. The molecule has 1 rings (SSSR count). The van der Waals surface area contributed by atoms with E-state index in [9.17, 15) is 14.9 Å². The monoisotopic (exact) mass is 306 g/mol. The van der Waals surface area contributed by atoms with E-state index >= 15 is 0 Å². The van der Waals surface area contributed by atoms with Crippen LogP contribution in [0.25, 0.3) is 0 Å². The van der Waals surface area contributed by atoms with Gasteiger partial charge in [0.15, 0.2) is 0 Å². The maximum Gasteiger partial charge on any atom is 0.290 e. The summed E-state index contributed by atoms with van der Waals surface area (Å²) in [5.41, 5.74) is -0.353. The van der Waals surface area contributed by atoms with E-state index in [-0.39, 0.29) is 28.8 Å². The molecule has 0 fully saturated rings. The molecule has 0 spiro atoms. The van der Waals surface area contributed by atoms with E-state index in [0.717, 1.165) is 6.07 Å². The number of halogens is 2. The highest BCUT2D eigenvalue weighted by Gasteiger charge is 2.22. The van der Waals surface area contributed by atoms with E-state index in [1.807, 2.05) is 0 Å². The minimum Gasteiger partial charge on any atom is -0.395 e. The first-order valence-electron chi connectivity index (χ1n) is 5.45. The van der Waals surface area contributed by atoms with Gasteiger partial charge >= 0.3 is 0 Å². The van der Waals surface area contributed by atoms with Crippen LogP contribution in [0.4, 0.5) is 5.69 Å². The van der Waals surface area contributed by atoms with Crippen LogP contribution >= 0.6 is 23.2 Å². The summed E-state index contributed by atoms with van der Waals surface area (Å²) in [5.74, 6) is -0.446. The number of likely N-dealkylation sites (N-methyl/N-ethyl adjacent to an activating group) is 1. The number of nitro benzene ring substituents is 1. The Morgan fingerprint density at radius 1 is 1.47 bits per heavy atom. The van der Waals surface area contributed by atoms with E-state index < -0.39 is 16.5 Å². The first kappa shape index (κ1) is 15.7. The smallest absolute Gasteiger partial charge is 0.290 e. The van der Waals surface area contributed by atoms with E-state index in [0.29, 0.717) is 6.54 Å². The van der Waals surface area contributed by atoms with E-state index in [2.05, 4.69) is 0 Å². The Kier molecular flexibility index (Phi) is 5.53. The largest absolute Gasteiger partial charge is 0.395 e. The standard InChI is InChI=1S/C11H12Cl2N2O4/c1-2-14(3-4-16)11(17)7-5-8(12)10(13)9(6-7)15(18)19/h5-6,16H,2-4H2,1H3. The van der Waals surface area contributed by atoms with Crippen LogP contribution in [-0.4, -0.2) is 40.5 Å². The van der Waals surface area contributed by atoms with Crippen molar-refractivity contribution >= 4 is 34.8 Å². The van der Waals surface area contributed by atoms with Crippen LogP contribution in [0.5, 0.6) is 0 Å². The fourth-order valence-corrected chi connectivity index (χ4v) is 1.93. The van der Waals surface area contributed by atoms with Gasteiger partial charge in [-0.25, -0.2) is 0 Å². The quantitative estimate of drug-likeness (QED) is 0.668. The third-order valence-corrected chi connectivity index (χ3v) is 3.28. The highest BCUT2D eigenvalue weighted by atomic mass is 35.5. The highest BCUT2D eigenvalue weighted by molar-refractivity contribution is 6.43. The number of nitrogens with zero attached hydrogens (tertiary/aromatic N) is 2. The molecule has 0 aliphatic heterocycles. The van der Waals surface area contributed by atoms with Crippen LogP contribution in [0.15, 0.2) is 12.1 Å². The number of amides is 1. The van der Waals surface area contributed by atoms with Gasteiger partial charge in [0.2, 0.25) is 0 Å². The van der Waals surface area contributed by atoms with Crippen LogP contribution in [0, 0.1) is 10.1 Å². The minimum absolute atomic E-state index is 0.0562. The molecule has 0 saturated carbocycles. The van der Waals surface area contributed by atoms with Crippen molar-refractivity contribution in [2.75, 3.05) is 19.7 Å². The lowest BCUT2D eigenvalue weighted by Crippen LogP contribution is -2.33. The zero-order valence-corrected chi connectivity index (χ0v) is 11.6. The van der Waals surface area contributed by atoms with Crippen LogP contribution in [0.3, 0.4) is 0 Å². The number of hydrogen-bond acceptors (Lipinski definition) is 4. The van der Waals surface area contributed by atoms with Gasteiger partial charge in [-0.2, -0.15) is 0 Å². The molecule has 104 valence electrons. The van der Waals surface area contributed by atoms with Gasteiger partial charge in [-0.1, -0.05) is 23.2 Å². The molecule has 0 heterocycles. The van der Waals surface area contributed by atoms with E-state index in [4.69, 9.17) is 28.3 Å². The van der Waals surface area contributed by atoms with Gasteiger partial charge < -0.3 is 10.0 Å². The normalized spacial score (nSPS) is 10.3. The molecule has 0 bridgehead atoms. The second-order valence-corrected chi connectivity index (χ2v) is 4.44. The van der Waals surface area contributed by atoms with Crippen molar-refractivity contribution in [1.82, 2.24) is 4.90 Å². The average Bonchev–Trinajstić information content (AvgIpc) is 2.37. The number of aliphatic hydroxyl groups is 1. The summed E-state index contributed by atoms with van der Waals surface area (Å²) in [6.07, 6.45) is 0. The molecule has 0 unspecified atom stereocenters. The Morgan fingerprint density at radius 3 is 2.58 bits per heavy atom. The molecule has 1 aromatic carbocycles. The third-order valence-electron chi connectivity index (χ3n) is 2.49. The van der Waals surface area contributed by atoms with Crippen molar-refractivity contribution < 1.29 is 14.8 Å². The molecule has 0 saturated heterocycles. The van der Waals surface area contributed by atoms with Crippen molar-refractivity contribution in [3.8, 4) is 0 Å². The molecule has 0 aromatic heterocycles. The zero-order chi connectivity index (χ0) is 14.6. The van der Waals surface area contributed by atoms with Crippen molar-refractivity contribution in [3.63, 3.8) is 0 Å². The van der Waals surface area contributed by atoms with Gasteiger partial charge in [0.25, 0.3) is 11.6 Å². The molecule has 1 aromatic rings. The van der Waals surface area contributed by atoms with Gasteiger partial charge in [0.1, 0.15) is 5.02 Å². The number of carbonyl (C=O) groups is 1. The summed E-state index contributed by atoms with van der Waals surface area (Å²) in [6.45, 7) is 2.05. The van der Waals surface area contributed by atoms with Crippen LogP contribution < -0.4 is 0 Å². The van der Waals surface area contributed by atoms with Crippen LogP contribution in [-0.2, 0) is 0 Å². The van der Waals surface area contributed by atoms with E-state index in [1.54, 1.807) is 6.92 Å². The average molecular weight is 307 g/mol. The molecule has 0 aliphatic carbocycles. The van der Waals surface area contributed by atoms with Gasteiger partial charge in [-0.05, 0) is 13.0 Å². The van der Waals surface area contributed by atoms with Crippen LogP contribution in [0.1, 0.15) is 17.3 Å². The Labute approximate surface area is 119 Å². The Hall–Kier alpha value is -1.37. The number of aliphatic hydroxyl groups excluding tert-OH is 1. The molecule has 0 atom stereocenters. The number of nitro groups is 1. The fraction of sp³-hybridized carbons (Fsp3) is 0.364. The molecular weight excluding hydrogens is 295 g/mol. The van der Waals surface area contributed by atoms with Gasteiger partial charge in [-0.3, -0.25) is 14.9 Å². The van der Waals surface area contributed by atoms with Gasteiger partial charge in [-0.15, -0.1) is 0 Å². The SMILES string of the molecule is CCN(CCO)C(=O)c1cc(Cl)c(Cl)c([N+](=O)[O-])c1. The molecule has 1 amide bonds. The molecule has 1 N–H and O–H groups in total. The lowest BCUT2D eigenvalue weighted by atomic mass is 10.1. The maximum absolute atomic E-state index is 12.1. The molecule has 0 aliphatic rings. The van der Waals surface area contributed by atoms with Crippen molar-refractivity contribution in [2.24, 2.45) is 0 Å². The van der Waals surface area contributed by atoms with Crippen LogP contribution in [0.2, 0.25) is 10.0 Å². The second kappa shape index (κ2) is 6.70. The summed E-state index contributed by atoms with van der Waals surface area (Å²) < 4.78 is 0. The lowest BCUT2D eigenvalue weighted by molar-refractivity contribution is -0.384. The second-order valence-electron chi connectivity index (χ2n) is 3.66. The van der Waals surface area contributed by atoms with Gasteiger partial charge in [0, 0.05) is 24.7 Å². The minimum atomic E-state index is -0.701. The zero-order valence-electron chi connectivity index (χ0n) is 10.1. The Bertz CT molecular complexity index is 508. The maximum atomic E-state index is 12.1. The number of benzene rings is 1. The summed E-state index contributed by atoms with van der Waals surface area (Å²) in [4.78, 5) is 23.6. The lowest BCUT2D eigenvalue weighted by Gasteiger charge is -2.19. The number of rotatable bonds is 5. The van der Waals surface area contributed by atoms with Gasteiger partial charge in [0.05, 0.1) is 16.6 Å². The summed E-state index contributed by atoms with van der Waals surface area (Å²) in [7, 11) is 0. The fourth-order valence-electron chi connectivity index (χ4n) is 1.54. The van der Waals surface area contributed by atoms with Crippen molar-refractivity contribution in [1.29, 1.82) is 0 Å². The number of hydrogen-bond donors (Lipinski definition) is 1. The first-order chi connectivity index (χ1) is 8.92. The molecular formula is C11H12Cl2N2O4.